The molecule has 4 aromatic rings. The summed E-state index contributed by atoms with van der Waals surface area (Å²) in [6.45, 7) is 5.09. The molecule has 0 radical (unpaired) electrons. The molecule has 1 N–H and O–H groups in total. The number of nitrogens with zero attached hydrogens (tertiary/aromatic N) is 4. The second-order valence-corrected chi connectivity index (χ2v) is 10.1. The Morgan fingerprint density at radius 2 is 1.73 bits per heavy atom. The maximum absolute atomic E-state index is 13.6. The van der Waals surface area contributed by atoms with E-state index in [0.717, 1.165) is 18.5 Å². The van der Waals surface area contributed by atoms with Crippen molar-refractivity contribution in [3.8, 4) is 5.69 Å². The molecule has 40 heavy (non-hydrogen) atoms. The molecule has 1 aliphatic rings. The summed E-state index contributed by atoms with van der Waals surface area (Å²) in [7, 11) is 1.88. The summed E-state index contributed by atoms with van der Waals surface area (Å²) in [5, 5.41) is 7.37. The Morgan fingerprint density at radius 3 is 2.40 bits per heavy atom. The lowest BCUT2D eigenvalue weighted by molar-refractivity contribution is 0.0517. The number of nitrogens with one attached hydrogen (secondary N) is 1. The fraction of sp³-hybridized carbons (Fsp3) is 0.290. The number of piperidine rings is 1. The van der Waals surface area contributed by atoms with Gasteiger partial charge in [0.2, 0.25) is 0 Å². The van der Waals surface area contributed by atoms with Gasteiger partial charge in [-0.2, -0.15) is 5.10 Å². The molecular formula is C31H33N5O4. The first-order valence-corrected chi connectivity index (χ1v) is 13.5. The number of anilines is 1. The standard InChI is InChI=1S/C31H33N5O4/c1-4-40-31(39)28-21(2)19-36(33-28)27-8-6-5-7-26(27)30(38)35-17-14-23(15-18-35)22-9-11-25(12-10-22)32-29(37)24-13-16-34(3)20-24/h5-13,16,19-20,23H,4,14-15,17-18H2,1-3H3,(H,32,37). The molecule has 0 saturated carbocycles. The van der Waals surface area contributed by atoms with E-state index in [1.54, 1.807) is 43.1 Å². The van der Waals surface area contributed by atoms with E-state index in [9.17, 15) is 14.4 Å². The van der Waals surface area contributed by atoms with Gasteiger partial charge in [-0.25, -0.2) is 9.48 Å². The molecule has 2 amide bonds. The van der Waals surface area contributed by atoms with Crippen molar-refractivity contribution in [3.63, 3.8) is 0 Å². The van der Waals surface area contributed by atoms with Gasteiger partial charge >= 0.3 is 5.97 Å². The fourth-order valence-electron chi connectivity index (χ4n) is 5.10. The Balaban J connectivity index is 1.23. The number of carbonyl (C=O) groups is 3. The van der Waals surface area contributed by atoms with Crippen molar-refractivity contribution in [3.05, 3.63) is 101 Å². The van der Waals surface area contributed by atoms with Crippen molar-refractivity contribution in [2.45, 2.75) is 32.6 Å². The number of amides is 2. The van der Waals surface area contributed by atoms with Crippen LogP contribution in [-0.4, -0.2) is 56.7 Å². The summed E-state index contributed by atoms with van der Waals surface area (Å²) in [4.78, 5) is 40.2. The van der Waals surface area contributed by atoms with Crippen molar-refractivity contribution in [2.75, 3.05) is 25.0 Å². The summed E-state index contributed by atoms with van der Waals surface area (Å²) < 4.78 is 8.53. The normalized spacial score (nSPS) is 13.7. The second kappa shape index (κ2) is 11.6. The number of hydrogen-bond acceptors (Lipinski definition) is 5. The van der Waals surface area contributed by atoms with Crippen LogP contribution in [-0.2, 0) is 11.8 Å². The predicted octanol–water partition coefficient (Wildman–Crippen LogP) is 4.97. The van der Waals surface area contributed by atoms with E-state index in [1.165, 1.54) is 5.56 Å². The van der Waals surface area contributed by atoms with E-state index < -0.39 is 5.97 Å². The van der Waals surface area contributed by atoms with Crippen molar-refractivity contribution >= 4 is 23.5 Å². The van der Waals surface area contributed by atoms with Crippen LogP contribution < -0.4 is 5.32 Å². The fourth-order valence-corrected chi connectivity index (χ4v) is 5.10. The number of esters is 1. The largest absolute Gasteiger partial charge is 0.461 e. The molecule has 1 saturated heterocycles. The Morgan fingerprint density at radius 1 is 1.00 bits per heavy atom. The van der Waals surface area contributed by atoms with Crippen molar-refractivity contribution in [1.82, 2.24) is 19.2 Å². The highest BCUT2D eigenvalue weighted by molar-refractivity contribution is 6.04. The number of aryl methyl sites for hydroxylation is 2. The van der Waals surface area contributed by atoms with Crippen LogP contribution in [0.4, 0.5) is 5.69 Å². The molecule has 9 heteroatoms. The minimum Gasteiger partial charge on any atom is -0.461 e. The number of para-hydroxylation sites is 1. The van der Waals surface area contributed by atoms with E-state index in [-0.39, 0.29) is 24.1 Å². The van der Waals surface area contributed by atoms with E-state index in [4.69, 9.17) is 4.74 Å². The molecule has 0 bridgehead atoms. The lowest BCUT2D eigenvalue weighted by Gasteiger charge is -2.32. The van der Waals surface area contributed by atoms with Gasteiger partial charge in [-0.1, -0.05) is 24.3 Å². The van der Waals surface area contributed by atoms with Crippen molar-refractivity contribution in [1.29, 1.82) is 0 Å². The Hall–Kier alpha value is -4.66. The maximum atomic E-state index is 13.6. The molecule has 9 nitrogen and oxygen atoms in total. The Labute approximate surface area is 233 Å². The smallest absolute Gasteiger partial charge is 0.359 e. The average Bonchev–Trinajstić information content (AvgIpc) is 3.59. The highest BCUT2D eigenvalue weighted by Gasteiger charge is 2.27. The van der Waals surface area contributed by atoms with Crippen LogP contribution in [0.5, 0.6) is 0 Å². The summed E-state index contributed by atoms with van der Waals surface area (Å²) in [6.07, 6.45) is 7.06. The first kappa shape index (κ1) is 26.9. The van der Waals surface area contributed by atoms with Gasteiger partial charge < -0.3 is 19.5 Å². The zero-order valence-electron chi connectivity index (χ0n) is 23.0. The van der Waals surface area contributed by atoms with Gasteiger partial charge in [0, 0.05) is 50.0 Å². The SMILES string of the molecule is CCOC(=O)c1nn(-c2ccccc2C(=O)N2CCC(c3ccc(NC(=O)c4ccn(C)c4)cc3)CC2)cc1C. The third kappa shape index (κ3) is 5.68. The molecule has 1 aliphatic heterocycles. The molecule has 5 rings (SSSR count). The number of ether oxygens (including phenoxy) is 1. The summed E-state index contributed by atoms with van der Waals surface area (Å²) in [6, 6.07) is 17.1. The Kier molecular flexibility index (Phi) is 7.82. The summed E-state index contributed by atoms with van der Waals surface area (Å²) in [5.41, 5.74) is 4.67. The molecule has 0 unspecified atom stereocenters. The van der Waals surface area contributed by atoms with Crippen LogP contribution in [0.2, 0.25) is 0 Å². The van der Waals surface area contributed by atoms with Gasteiger partial charge in [0.25, 0.3) is 11.8 Å². The first-order chi connectivity index (χ1) is 19.3. The van der Waals surface area contributed by atoms with E-state index >= 15 is 0 Å². The minimum absolute atomic E-state index is 0.0566. The van der Waals surface area contributed by atoms with Gasteiger partial charge in [-0.3, -0.25) is 9.59 Å². The quantitative estimate of drug-likeness (QED) is 0.335. The van der Waals surface area contributed by atoms with Crippen LogP contribution in [0.25, 0.3) is 5.69 Å². The monoisotopic (exact) mass is 539 g/mol. The summed E-state index contributed by atoms with van der Waals surface area (Å²) in [5.74, 6) is -0.336. The van der Waals surface area contributed by atoms with E-state index in [2.05, 4.69) is 22.5 Å². The zero-order valence-corrected chi connectivity index (χ0v) is 23.0. The Bertz CT molecular complexity index is 1530. The second-order valence-electron chi connectivity index (χ2n) is 10.1. The van der Waals surface area contributed by atoms with Crippen LogP contribution in [0, 0.1) is 6.92 Å². The highest BCUT2D eigenvalue weighted by Crippen LogP contribution is 2.30. The molecule has 2 aromatic carbocycles. The molecule has 3 heterocycles. The lowest BCUT2D eigenvalue weighted by Crippen LogP contribution is -2.38. The van der Waals surface area contributed by atoms with Gasteiger partial charge in [-0.15, -0.1) is 0 Å². The number of rotatable bonds is 7. The average molecular weight is 540 g/mol. The minimum atomic E-state index is -0.476. The molecule has 1 fully saturated rings. The molecule has 206 valence electrons. The van der Waals surface area contributed by atoms with Gasteiger partial charge in [0.1, 0.15) is 0 Å². The molecular weight excluding hydrogens is 506 g/mol. The number of hydrogen-bond donors (Lipinski definition) is 1. The van der Waals surface area contributed by atoms with E-state index in [0.29, 0.717) is 41.4 Å². The van der Waals surface area contributed by atoms with E-state index in [1.807, 2.05) is 53.0 Å². The van der Waals surface area contributed by atoms with Gasteiger partial charge in [0.15, 0.2) is 5.69 Å². The zero-order chi connectivity index (χ0) is 28.2. The number of carbonyl (C=O) groups excluding carboxylic acids is 3. The number of likely N-dealkylation sites (tertiary alicyclic amines) is 1. The maximum Gasteiger partial charge on any atom is 0.359 e. The lowest BCUT2D eigenvalue weighted by atomic mass is 9.89. The van der Waals surface area contributed by atoms with Crippen LogP contribution >= 0.6 is 0 Å². The number of benzene rings is 2. The molecule has 2 aromatic heterocycles. The van der Waals surface area contributed by atoms with Crippen LogP contribution in [0.1, 0.15) is 68.0 Å². The first-order valence-electron chi connectivity index (χ1n) is 13.5. The predicted molar refractivity (Wildman–Crippen MR) is 152 cm³/mol. The topological polar surface area (TPSA) is 98.5 Å². The number of aromatic nitrogens is 3. The van der Waals surface area contributed by atoms with Crippen molar-refractivity contribution in [2.24, 2.45) is 7.05 Å². The van der Waals surface area contributed by atoms with Crippen LogP contribution in [0.3, 0.4) is 0 Å². The molecule has 0 spiro atoms. The molecule has 0 atom stereocenters. The molecule has 0 aliphatic carbocycles. The van der Waals surface area contributed by atoms with Crippen LogP contribution in [0.15, 0.2) is 73.2 Å². The summed E-state index contributed by atoms with van der Waals surface area (Å²) >= 11 is 0. The van der Waals surface area contributed by atoms with Gasteiger partial charge in [-0.05, 0) is 68.5 Å². The van der Waals surface area contributed by atoms with Gasteiger partial charge in [0.05, 0.1) is 23.4 Å². The third-order valence-electron chi connectivity index (χ3n) is 7.26. The van der Waals surface area contributed by atoms with Crippen molar-refractivity contribution < 1.29 is 19.1 Å². The third-order valence-corrected chi connectivity index (χ3v) is 7.26. The highest BCUT2D eigenvalue weighted by atomic mass is 16.5.